The zero-order valence-electron chi connectivity index (χ0n) is 10.3. The largest absolute Gasteiger partial charge is 0.323 e. The van der Waals surface area contributed by atoms with Crippen LogP contribution in [-0.2, 0) is 16.3 Å². The van der Waals surface area contributed by atoms with Gasteiger partial charge in [0.05, 0.1) is 5.25 Å². The lowest BCUT2D eigenvalue weighted by Gasteiger charge is -2.30. The lowest BCUT2D eigenvalue weighted by atomic mass is 9.88. The predicted molar refractivity (Wildman–Crippen MR) is 77.0 cm³/mol. The molecule has 0 bridgehead atoms. The van der Waals surface area contributed by atoms with Gasteiger partial charge < -0.3 is 5.73 Å². The molecule has 0 saturated heterocycles. The highest BCUT2D eigenvalue weighted by molar-refractivity contribution is 7.94. The average Bonchev–Trinajstić information content (AvgIpc) is 2.94. The topological polar surface area (TPSA) is 60.2 Å². The summed E-state index contributed by atoms with van der Waals surface area (Å²) in [7, 11) is -3.32. The number of hydrogen-bond acceptors (Lipinski definition) is 4. The molecule has 19 heavy (non-hydrogen) atoms. The Morgan fingerprint density at radius 3 is 2.68 bits per heavy atom. The second-order valence-electron chi connectivity index (χ2n) is 4.78. The molecule has 1 aliphatic carbocycles. The molecule has 1 aliphatic rings. The van der Waals surface area contributed by atoms with Gasteiger partial charge in [0, 0.05) is 6.04 Å². The summed E-state index contributed by atoms with van der Waals surface area (Å²) in [6.07, 6.45) is 1.37. The van der Waals surface area contributed by atoms with Crippen LogP contribution >= 0.6 is 11.3 Å². The molecule has 3 rings (SSSR count). The normalized spacial score (nSPS) is 23.0. The number of nitrogens with two attached hydrogens (primary N) is 1. The van der Waals surface area contributed by atoms with E-state index in [0.717, 1.165) is 12.0 Å². The minimum absolute atomic E-state index is 0.423. The molecule has 0 fully saturated rings. The Hall–Kier alpha value is -1.17. The summed E-state index contributed by atoms with van der Waals surface area (Å²) in [4.78, 5) is 0. The van der Waals surface area contributed by atoms with Crippen LogP contribution in [0.3, 0.4) is 0 Å². The molecule has 2 aromatic rings. The van der Waals surface area contributed by atoms with Gasteiger partial charge in [-0.2, -0.15) is 0 Å². The second-order valence-corrected chi connectivity index (χ2v) is 8.12. The number of fused-ring (bicyclic) bond motifs is 1. The van der Waals surface area contributed by atoms with Crippen LogP contribution in [0.1, 0.15) is 23.6 Å². The van der Waals surface area contributed by atoms with Crippen molar-refractivity contribution in [1.29, 1.82) is 0 Å². The smallest absolute Gasteiger partial charge is 0.192 e. The van der Waals surface area contributed by atoms with E-state index in [1.165, 1.54) is 16.9 Å². The van der Waals surface area contributed by atoms with Crippen LogP contribution in [0, 0.1) is 0 Å². The molecule has 1 aromatic heterocycles. The van der Waals surface area contributed by atoms with Gasteiger partial charge in [0.1, 0.15) is 4.21 Å². The van der Waals surface area contributed by atoms with Crippen molar-refractivity contribution in [2.24, 2.45) is 5.73 Å². The standard InChI is InChI=1S/C14H15NO2S2/c15-14-11-5-2-1-4-10(11)7-8-12(14)19(16,17)13-6-3-9-18-13/h1-6,9,12,14H,7-8,15H2. The van der Waals surface area contributed by atoms with Gasteiger partial charge in [-0.15, -0.1) is 11.3 Å². The molecule has 2 atom stereocenters. The minimum Gasteiger partial charge on any atom is -0.323 e. The molecule has 0 radical (unpaired) electrons. The molecule has 5 heteroatoms. The lowest BCUT2D eigenvalue weighted by molar-refractivity contribution is 0.522. The maximum atomic E-state index is 12.6. The summed E-state index contributed by atoms with van der Waals surface area (Å²) >= 11 is 1.26. The van der Waals surface area contributed by atoms with Crippen molar-refractivity contribution in [3.63, 3.8) is 0 Å². The molecule has 0 aliphatic heterocycles. The van der Waals surface area contributed by atoms with Crippen LogP contribution in [0.15, 0.2) is 46.0 Å². The van der Waals surface area contributed by atoms with Gasteiger partial charge in [-0.05, 0) is 35.4 Å². The predicted octanol–water partition coefficient (Wildman–Crippen LogP) is 2.54. The first-order chi connectivity index (χ1) is 9.10. The van der Waals surface area contributed by atoms with Gasteiger partial charge in [0.2, 0.25) is 0 Å². The Labute approximate surface area is 117 Å². The van der Waals surface area contributed by atoms with E-state index >= 15 is 0 Å². The van der Waals surface area contributed by atoms with Crippen molar-refractivity contribution in [1.82, 2.24) is 0 Å². The summed E-state index contributed by atoms with van der Waals surface area (Å²) in [6.45, 7) is 0. The summed E-state index contributed by atoms with van der Waals surface area (Å²) in [5, 5.41) is 1.27. The monoisotopic (exact) mass is 293 g/mol. The number of rotatable bonds is 2. The van der Waals surface area contributed by atoms with Crippen LogP contribution in [0.2, 0.25) is 0 Å². The van der Waals surface area contributed by atoms with Crippen LogP contribution < -0.4 is 5.73 Å². The van der Waals surface area contributed by atoms with E-state index in [9.17, 15) is 8.42 Å². The number of aryl methyl sites for hydroxylation is 1. The molecule has 0 spiro atoms. The first-order valence-corrected chi connectivity index (χ1v) is 8.64. The van der Waals surface area contributed by atoms with Crippen molar-refractivity contribution in [3.05, 3.63) is 52.9 Å². The van der Waals surface area contributed by atoms with Crippen LogP contribution in [-0.4, -0.2) is 13.7 Å². The number of hydrogen-bond donors (Lipinski definition) is 1. The van der Waals surface area contributed by atoms with Crippen LogP contribution in [0.4, 0.5) is 0 Å². The molecular weight excluding hydrogens is 278 g/mol. The van der Waals surface area contributed by atoms with E-state index in [2.05, 4.69) is 0 Å². The van der Waals surface area contributed by atoms with E-state index in [-0.39, 0.29) is 0 Å². The van der Waals surface area contributed by atoms with Crippen molar-refractivity contribution >= 4 is 21.2 Å². The Morgan fingerprint density at radius 1 is 1.16 bits per heavy atom. The average molecular weight is 293 g/mol. The van der Waals surface area contributed by atoms with Crippen molar-refractivity contribution < 1.29 is 8.42 Å². The van der Waals surface area contributed by atoms with Gasteiger partial charge in [-0.3, -0.25) is 0 Å². The third-order valence-electron chi connectivity index (χ3n) is 3.69. The first kappa shape index (κ1) is 12.8. The highest BCUT2D eigenvalue weighted by Gasteiger charge is 2.37. The molecule has 2 N–H and O–H groups in total. The number of sulfone groups is 1. The fourth-order valence-electron chi connectivity index (χ4n) is 2.69. The highest BCUT2D eigenvalue weighted by Crippen LogP contribution is 2.36. The summed E-state index contributed by atoms with van der Waals surface area (Å²) < 4.78 is 25.6. The third-order valence-corrected chi connectivity index (χ3v) is 7.36. The zero-order valence-corrected chi connectivity index (χ0v) is 12.0. The van der Waals surface area contributed by atoms with Gasteiger partial charge in [0.25, 0.3) is 0 Å². The number of benzene rings is 1. The van der Waals surface area contributed by atoms with E-state index in [0.29, 0.717) is 10.6 Å². The quantitative estimate of drug-likeness (QED) is 0.925. The van der Waals surface area contributed by atoms with Gasteiger partial charge in [0.15, 0.2) is 9.84 Å². The molecule has 3 nitrogen and oxygen atoms in total. The third kappa shape index (κ3) is 2.12. The van der Waals surface area contributed by atoms with E-state index in [4.69, 9.17) is 5.73 Å². The molecular formula is C14H15NO2S2. The minimum atomic E-state index is -3.32. The molecule has 100 valence electrons. The number of thiophene rings is 1. The van der Waals surface area contributed by atoms with Crippen molar-refractivity contribution in [2.45, 2.75) is 28.3 Å². The molecule has 0 saturated carbocycles. The molecule has 2 unspecified atom stereocenters. The van der Waals surface area contributed by atoms with Gasteiger partial charge in [-0.1, -0.05) is 30.3 Å². The Kier molecular flexibility index (Phi) is 3.20. The van der Waals surface area contributed by atoms with Crippen LogP contribution in [0.5, 0.6) is 0 Å². The SMILES string of the molecule is NC1c2ccccc2CCC1S(=O)(=O)c1cccs1. The zero-order chi connectivity index (χ0) is 13.5. The molecule has 0 amide bonds. The highest BCUT2D eigenvalue weighted by atomic mass is 32.2. The van der Waals surface area contributed by atoms with Crippen LogP contribution in [0.25, 0.3) is 0 Å². The molecule has 1 heterocycles. The fourth-order valence-corrected chi connectivity index (χ4v) is 5.74. The fraction of sp³-hybridized carbons (Fsp3) is 0.286. The lowest BCUT2D eigenvalue weighted by Crippen LogP contribution is -2.37. The van der Waals surface area contributed by atoms with E-state index in [1.54, 1.807) is 17.5 Å². The summed E-state index contributed by atoms with van der Waals surface area (Å²) in [5.74, 6) is 0. The maximum Gasteiger partial charge on any atom is 0.192 e. The molecule has 1 aromatic carbocycles. The van der Waals surface area contributed by atoms with Gasteiger partial charge >= 0.3 is 0 Å². The van der Waals surface area contributed by atoms with Gasteiger partial charge in [-0.25, -0.2) is 8.42 Å². The second kappa shape index (κ2) is 4.74. The maximum absolute atomic E-state index is 12.6. The van der Waals surface area contributed by atoms with E-state index in [1.807, 2.05) is 24.3 Å². The summed E-state index contributed by atoms with van der Waals surface area (Å²) in [5.41, 5.74) is 8.35. The Balaban J connectivity index is 2.01. The Bertz CT molecular complexity index is 677. The van der Waals surface area contributed by atoms with Crippen molar-refractivity contribution in [3.8, 4) is 0 Å². The first-order valence-electron chi connectivity index (χ1n) is 6.21. The van der Waals surface area contributed by atoms with Crippen molar-refractivity contribution in [2.75, 3.05) is 0 Å². The summed E-state index contributed by atoms with van der Waals surface area (Å²) in [6, 6.07) is 10.8. The van der Waals surface area contributed by atoms with E-state index < -0.39 is 21.1 Å². The Morgan fingerprint density at radius 2 is 1.95 bits per heavy atom.